The maximum Gasteiger partial charge on any atom is 0.230 e. The van der Waals surface area contributed by atoms with Crippen LogP contribution in [0.1, 0.15) is 24.9 Å². The first-order valence-corrected chi connectivity index (χ1v) is 9.84. The molecule has 0 radical (unpaired) electrons. The van der Waals surface area contributed by atoms with E-state index in [1.807, 2.05) is 42.5 Å². The molecule has 5 nitrogen and oxygen atoms in total. The van der Waals surface area contributed by atoms with Gasteiger partial charge in [-0.1, -0.05) is 42.1 Å². The highest BCUT2D eigenvalue weighted by Gasteiger charge is 2.22. The van der Waals surface area contributed by atoms with Crippen LogP contribution in [0.5, 0.6) is 5.75 Å². The number of nitrogens with zero attached hydrogens (tertiary/aromatic N) is 2. The fourth-order valence-corrected chi connectivity index (χ4v) is 4.22. The zero-order valence-corrected chi connectivity index (χ0v) is 15.5. The predicted octanol–water partition coefficient (Wildman–Crippen LogP) is 3.79. The van der Waals surface area contributed by atoms with Crippen molar-refractivity contribution < 1.29 is 9.53 Å². The van der Waals surface area contributed by atoms with Crippen LogP contribution in [0, 0.1) is 0 Å². The predicted molar refractivity (Wildman–Crippen MR) is 104 cm³/mol. The molecule has 0 spiro atoms. The maximum atomic E-state index is 12.5. The zero-order chi connectivity index (χ0) is 17.9. The second-order valence-electron chi connectivity index (χ2n) is 6.21. The van der Waals surface area contributed by atoms with E-state index in [4.69, 9.17) is 4.74 Å². The first-order chi connectivity index (χ1) is 12.8. The van der Waals surface area contributed by atoms with Crippen molar-refractivity contribution in [3.05, 3.63) is 54.1 Å². The van der Waals surface area contributed by atoms with Gasteiger partial charge in [0.1, 0.15) is 5.75 Å². The average molecular weight is 367 g/mol. The van der Waals surface area contributed by atoms with Crippen molar-refractivity contribution in [1.82, 2.24) is 14.9 Å². The van der Waals surface area contributed by atoms with E-state index in [-0.39, 0.29) is 11.9 Å². The molecule has 0 bridgehead atoms. The SMILES string of the molecule is CCn1c(SCC(=O)N[C@@H]2CCOc3ccccc32)nc2ccccc21. The van der Waals surface area contributed by atoms with E-state index in [2.05, 4.69) is 27.9 Å². The average Bonchev–Trinajstić information content (AvgIpc) is 3.04. The number of carbonyl (C=O) groups is 1. The highest BCUT2D eigenvalue weighted by molar-refractivity contribution is 7.99. The minimum absolute atomic E-state index is 0.0121. The normalized spacial score (nSPS) is 16.1. The van der Waals surface area contributed by atoms with Gasteiger partial charge in [0.25, 0.3) is 0 Å². The first-order valence-electron chi connectivity index (χ1n) is 8.85. The maximum absolute atomic E-state index is 12.5. The van der Waals surface area contributed by atoms with E-state index in [1.165, 1.54) is 11.8 Å². The van der Waals surface area contributed by atoms with Crippen LogP contribution in [0.25, 0.3) is 11.0 Å². The Morgan fingerprint density at radius 2 is 2.08 bits per heavy atom. The van der Waals surface area contributed by atoms with Crippen LogP contribution in [0.15, 0.2) is 53.7 Å². The Balaban J connectivity index is 1.44. The summed E-state index contributed by atoms with van der Waals surface area (Å²) in [4.78, 5) is 17.2. The molecule has 1 aliphatic rings. The van der Waals surface area contributed by atoms with Crippen LogP contribution >= 0.6 is 11.8 Å². The number of nitrogens with one attached hydrogen (secondary N) is 1. The van der Waals surface area contributed by atoms with Crippen LogP contribution in [-0.4, -0.2) is 27.8 Å². The van der Waals surface area contributed by atoms with Crippen molar-refractivity contribution in [3.63, 3.8) is 0 Å². The lowest BCUT2D eigenvalue weighted by Gasteiger charge is -2.26. The lowest BCUT2D eigenvalue weighted by Crippen LogP contribution is -2.33. The van der Waals surface area contributed by atoms with Gasteiger partial charge in [-0.15, -0.1) is 0 Å². The molecule has 1 N–H and O–H groups in total. The topological polar surface area (TPSA) is 56.2 Å². The number of aromatic nitrogens is 2. The molecule has 2 aromatic carbocycles. The second-order valence-corrected chi connectivity index (χ2v) is 7.15. The third kappa shape index (κ3) is 3.29. The van der Waals surface area contributed by atoms with E-state index in [0.717, 1.165) is 40.5 Å². The number of amides is 1. The summed E-state index contributed by atoms with van der Waals surface area (Å²) in [5.74, 6) is 1.24. The Hall–Kier alpha value is -2.47. The lowest BCUT2D eigenvalue weighted by atomic mass is 10.0. The molecule has 0 unspecified atom stereocenters. The number of aryl methyl sites for hydroxylation is 1. The Morgan fingerprint density at radius 1 is 1.27 bits per heavy atom. The summed E-state index contributed by atoms with van der Waals surface area (Å²) in [6, 6.07) is 16.0. The molecule has 2 heterocycles. The summed E-state index contributed by atoms with van der Waals surface area (Å²) < 4.78 is 7.81. The summed E-state index contributed by atoms with van der Waals surface area (Å²) in [5.41, 5.74) is 3.13. The summed E-state index contributed by atoms with van der Waals surface area (Å²) in [7, 11) is 0. The van der Waals surface area contributed by atoms with E-state index < -0.39 is 0 Å². The standard InChI is InChI=1S/C20H21N3O2S/c1-2-23-17-9-5-4-8-16(17)22-20(23)26-13-19(24)21-15-11-12-25-18-10-6-3-7-14(15)18/h3-10,15H,2,11-13H2,1H3,(H,21,24)/t15-/m1/s1. The molecular formula is C20H21N3O2S. The Bertz CT molecular complexity index is 938. The number of hydrogen-bond acceptors (Lipinski definition) is 4. The number of hydrogen-bond donors (Lipinski definition) is 1. The summed E-state index contributed by atoms with van der Waals surface area (Å²) in [6.07, 6.45) is 0.793. The van der Waals surface area contributed by atoms with Gasteiger partial charge in [-0.25, -0.2) is 4.98 Å². The molecule has 1 aliphatic heterocycles. The smallest absolute Gasteiger partial charge is 0.230 e. The molecule has 1 aromatic heterocycles. The van der Waals surface area contributed by atoms with Crippen molar-refractivity contribution in [2.24, 2.45) is 0 Å². The van der Waals surface area contributed by atoms with Crippen LogP contribution in [0.4, 0.5) is 0 Å². The van der Waals surface area contributed by atoms with Crippen LogP contribution in [-0.2, 0) is 11.3 Å². The fourth-order valence-electron chi connectivity index (χ4n) is 3.33. The third-order valence-corrected chi connectivity index (χ3v) is 5.54. The quantitative estimate of drug-likeness (QED) is 0.697. The van der Waals surface area contributed by atoms with Crippen molar-refractivity contribution in [2.75, 3.05) is 12.4 Å². The van der Waals surface area contributed by atoms with Gasteiger partial charge in [-0.2, -0.15) is 0 Å². The number of fused-ring (bicyclic) bond motifs is 2. The molecule has 0 aliphatic carbocycles. The molecular weight excluding hydrogens is 346 g/mol. The Kier molecular flexibility index (Phi) is 4.84. The van der Waals surface area contributed by atoms with E-state index in [1.54, 1.807) is 0 Å². The van der Waals surface area contributed by atoms with Gasteiger partial charge >= 0.3 is 0 Å². The highest BCUT2D eigenvalue weighted by Crippen LogP contribution is 2.31. The first kappa shape index (κ1) is 17.0. The molecule has 6 heteroatoms. The van der Waals surface area contributed by atoms with Crippen molar-refractivity contribution in [3.8, 4) is 5.75 Å². The molecule has 0 saturated heterocycles. The van der Waals surface area contributed by atoms with Crippen molar-refractivity contribution in [1.29, 1.82) is 0 Å². The molecule has 1 atom stereocenters. The highest BCUT2D eigenvalue weighted by atomic mass is 32.2. The molecule has 26 heavy (non-hydrogen) atoms. The van der Waals surface area contributed by atoms with Crippen LogP contribution in [0.3, 0.4) is 0 Å². The zero-order valence-electron chi connectivity index (χ0n) is 14.6. The second kappa shape index (κ2) is 7.41. The number of benzene rings is 2. The molecule has 3 aromatic rings. The minimum Gasteiger partial charge on any atom is -0.493 e. The van der Waals surface area contributed by atoms with Crippen molar-refractivity contribution >= 4 is 28.7 Å². The van der Waals surface area contributed by atoms with Crippen LogP contribution < -0.4 is 10.1 Å². The Morgan fingerprint density at radius 3 is 2.96 bits per heavy atom. The monoisotopic (exact) mass is 367 g/mol. The van der Waals surface area contributed by atoms with Gasteiger partial charge in [0, 0.05) is 18.5 Å². The molecule has 1 amide bonds. The van der Waals surface area contributed by atoms with Gasteiger partial charge < -0.3 is 14.6 Å². The van der Waals surface area contributed by atoms with Gasteiger partial charge in [-0.3, -0.25) is 4.79 Å². The summed E-state index contributed by atoms with van der Waals surface area (Å²) in [5, 5.41) is 4.03. The van der Waals surface area contributed by atoms with Gasteiger partial charge in [0.05, 0.1) is 29.4 Å². The number of imidazole rings is 1. The molecule has 0 saturated carbocycles. The van der Waals surface area contributed by atoms with Gasteiger partial charge in [-0.05, 0) is 25.1 Å². The molecule has 0 fully saturated rings. The summed E-state index contributed by atoms with van der Waals surface area (Å²) in [6.45, 7) is 3.55. The molecule has 134 valence electrons. The minimum atomic E-state index is 0.0121. The lowest BCUT2D eigenvalue weighted by molar-refractivity contribution is -0.119. The number of thioether (sulfide) groups is 1. The van der Waals surface area contributed by atoms with Crippen molar-refractivity contribution in [2.45, 2.75) is 31.1 Å². The molecule has 4 rings (SSSR count). The van der Waals surface area contributed by atoms with Gasteiger partial charge in [0.15, 0.2) is 5.16 Å². The Labute approximate surface area is 156 Å². The van der Waals surface area contributed by atoms with Gasteiger partial charge in [0.2, 0.25) is 5.91 Å². The number of para-hydroxylation sites is 3. The fraction of sp³-hybridized carbons (Fsp3) is 0.300. The number of ether oxygens (including phenoxy) is 1. The van der Waals surface area contributed by atoms with E-state index in [9.17, 15) is 4.79 Å². The third-order valence-electron chi connectivity index (χ3n) is 4.56. The van der Waals surface area contributed by atoms with E-state index >= 15 is 0 Å². The largest absolute Gasteiger partial charge is 0.493 e. The summed E-state index contributed by atoms with van der Waals surface area (Å²) >= 11 is 1.48. The number of carbonyl (C=O) groups excluding carboxylic acids is 1. The van der Waals surface area contributed by atoms with Crippen LogP contribution in [0.2, 0.25) is 0 Å². The number of rotatable bonds is 5. The van der Waals surface area contributed by atoms with E-state index in [0.29, 0.717) is 12.4 Å².